The lowest BCUT2D eigenvalue weighted by atomic mass is 10.1. The Labute approximate surface area is 124 Å². The summed E-state index contributed by atoms with van der Waals surface area (Å²) in [6.07, 6.45) is 0. The number of rotatable bonds is 5. The molecule has 7 heteroatoms. The van der Waals surface area contributed by atoms with Gasteiger partial charge in [-0.05, 0) is 32.0 Å². The molecule has 0 bridgehead atoms. The summed E-state index contributed by atoms with van der Waals surface area (Å²) in [7, 11) is -3.78. The van der Waals surface area contributed by atoms with Crippen molar-refractivity contribution in [2.45, 2.75) is 31.3 Å². The van der Waals surface area contributed by atoms with E-state index in [1.807, 2.05) is 0 Å². The van der Waals surface area contributed by atoms with E-state index in [1.165, 1.54) is 22.5 Å². The highest BCUT2D eigenvalue weighted by Crippen LogP contribution is 2.28. The van der Waals surface area contributed by atoms with Gasteiger partial charge < -0.3 is 5.11 Å². The molecule has 0 saturated heterocycles. The van der Waals surface area contributed by atoms with E-state index in [-0.39, 0.29) is 23.0 Å². The fourth-order valence-corrected chi connectivity index (χ4v) is 3.95. The van der Waals surface area contributed by atoms with Crippen molar-refractivity contribution < 1.29 is 13.5 Å². The summed E-state index contributed by atoms with van der Waals surface area (Å²) >= 11 is 11.7. The van der Waals surface area contributed by atoms with Gasteiger partial charge in [0.05, 0.1) is 10.6 Å². The van der Waals surface area contributed by atoms with Crippen LogP contribution in [0.25, 0.3) is 0 Å². The van der Waals surface area contributed by atoms with Gasteiger partial charge in [-0.3, -0.25) is 0 Å². The molecule has 0 aliphatic heterocycles. The molecule has 0 aliphatic carbocycles. The van der Waals surface area contributed by atoms with Gasteiger partial charge in [-0.1, -0.05) is 30.1 Å². The predicted octanol–water partition coefficient (Wildman–Crippen LogP) is 2.77. The Kier molecular flexibility index (Phi) is 5.26. The standard InChI is InChI=1S/C12H17Cl2NO3S/c1-4-15(8-12(2,3)16)19(17,18)11-7-9(13)5-6-10(11)14/h5-7,16H,4,8H2,1-3H3. The first-order valence-corrected chi connectivity index (χ1v) is 7.95. The molecule has 0 spiro atoms. The molecule has 0 unspecified atom stereocenters. The van der Waals surface area contributed by atoms with Gasteiger partial charge in [-0.2, -0.15) is 4.31 Å². The Hall–Kier alpha value is -0.330. The predicted molar refractivity (Wildman–Crippen MR) is 77.2 cm³/mol. The molecule has 19 heavy (non-hydrogen) atoms. The summed E-state index contributed by atoms with van der Waals surface area (Å²) < 4.78 is 26.1. The smallest absolute Gasteiger partial charge is 0.244 e. The van der Waals surface area contributed by atoms with Crippen molar-refractivity contribution >= 4 is 33.2 Å². The van der Waals surface area contributed by atoms with Crippen LogP contribution < -0.4 is 0 Å². The number of nitrogens with zero attached hydrogens (tertiary/aromatic N) is 1. The molecular weight excluding hydrogens is 309 g/mol. The summed E-state index contributed by atoms with van der Waals surface area (Å²) in [6.45, 7) is 5.00. The van der Waals surface area contributed by atoms with Gasteiger partial charge in [0.15, 0.2) is 0 Å². The molecule has 0 amide bonds. The minimum atomic E-state index is -3.78. The van der Waals surface area contributed by atoms with Gasteiger partial charge in [-0.15, -0.1) is 0 Å². The second-order valence-corrected chi connectivity index (χ2v) is 7.57. The van der Waals surface area contributed by atoms with Gasteiger partial charge in [0.1, 0.15) is 4.90 Å². The van der Waals surface area contributed by atoms with Crippen molar-refractivity contribution in [1.82, 2.24) is 4.31 Å². The van der Waals surface area contributed by atoms with Crippen LogP contribution in [0.1, 0.15) is 20.8 Å². The maximum absolute atomic E-state index is 12.5. The minimum absolute atomic E-state index is 0.0192. The molecule has 108 valence electrons. The first-order chi connectivity index (χ1) is 8.58. The van der Waals surface area contributed by atoms with E-state index in [9.17, 15) is 13.5 Å². The number of sulfonamides is 1. The van der Waals surface area contributed by atoms with Crippen molar-refractivity contribution in [2.24, 2.45) is 0 Å². The van der Waals surface area contributed by atoms with Crippen LogP contribution in [0.15, 0.2) is 23.1 Å². The van der Waals surface area contributed by atoms with Crippen molar-refractivity contribution in [1.29, 1.82) is 0 Å². The molecule has 0 aromatic heterocycles. The van der Waals surface area contributed by atoms with Crippen molar-refractivity contribution in [3.8, 4) is 0 Å². The second-order valence-electron chi connectivity index (χ2n) is 4.82. The Morgan fingerprint density at radius 2 is 1.89 bits per heavy atom. The number of hydrogen-bond donors (Lipinski definition) is 1. The Morgan fingerprint density at radius 3 is 2.37 bits per heavy atom. The normalized spacial score (nSPS) is 13.0. The maximum atomic E-state index is 12.5. The fraction of sp³-hybridized carbons (Fsp3) is 0.500. The topological polar surface area (TPSA) is 57.6 Å². The highest BCUT2D eigenvalue weighted by atomic mass is 35.5. The third kappa shape index (κ3) is 4.33. The molecule has 1 aromatic rings. The lowest BCUT2D eigenvalue weighted by molar-refractivity contribution is 0.0601. The highest BCUT2D eigenvalue weighted by Gasteiger charge is 2.30. The summed E-state index contributed by atoms with van der Waals surface area (Å²) in [6, 6.07) is 4.27. The second kappa shape index (κ2) is 5.97. The molecule has 4 nitrogen and oxygen atoms in total. The zero-order chi connectivity index (χ0) is 14.8. The molecule has 0 radical (unpaired) electrons. The van der Waals surface area contributed by atoms with E-state index < -0.39 is 15.6 Å². The minimum Gasteiger partial charge on any atom is -0.389 e. The van der Waals surface area contributed by atoms with E-state index in [4.69, 9.17) is 23.2 Å². The summed E-state index contributed by atoms with van der Waals surface area (Å²) in [5.41, 5.74) is -1.13. The lowest BCUT2D eigenvalue weighted by Crippen LogP contribution is -2.42. The molecule has 0 saturated carbocycles. The van der Waals surface area contributed by atoms with Gasteiger partial charge >= 0.3 is 0 Å². The first-order valence-electron chi connectivity index (χ1n) is 5.75. The summed E-state index contributed by atoms with van der Waals surface area (Å²) in [5.74, 6) is 0. The average molecular weight is 326 g/mol. The number of benzene rings is 1. The molecule has 0 atom stereocenters. The lowest BCUT2D eigenvalue weighted by Gasteiger charge is -2.27. The Bertz CT molecular complexity index is 553. The van der Waals surface area contributed by atoms with Crippen LogP contribution in [0, 0.1) is 0 Å². The van der Waals surface area contributed by atoms with Gasteiger partial charge in [0, 0.05) is 18.1 Å². The van der Waals surface area contributed by atoms with E-state index in [2.05, 4.69) is 0 Å². The summed E-state index contributed by atoms with van der Waals surface area (Å²) in [5, 5.41) is 10.2. The number of aliphatic hydroxyl groups is 1. The largest absolute Gasteiger partial charge is 0.389 e. The van der Waals surface area contributed by atoms with E-state index in [0.717, 1.165) is 0 Å². The van der Waals surface area contributed by atoms with Gasteiger partial charge in [0.25, 0.3) is 0 Å². The molecule has 1 aromatic carbocycles. The molecule has 1 N–H and O–H groups in total. The van der Waals surface area contributed by atoms with E-state index >= 15 is 0 Å². The average Bonchev–Trinajstić information content (AvgIpc) is 2.27. The van der Waals surface area contributed by atoms with Gasteiger partial charge in [-0.25, -0.2) is 8.42 Å². The third-order valence-corrected chi connectivity index (χ3v) is 5.06. The Morgan fingerprint density at radius 1 is 1.32 bits per heavy atom. The highest BCUT2D eigenvalue weighted by molar-refractivity contribution is 7.89. The zero-order valence-electron chi connectivity index (χ0n) is 11.0. The van der Waals surface area contributed by atoms with Crippen molar-refractivity contribution in [3.63, 3.8) is 0 Å². The number of likely N-dealkylation sites (N-methyl/N-ethyl adjacent to an activating group) is 1. The molecule has 0 heterocycles. The molecule has 1 rings (SSSR count). The summed E-state index contributed by atoms with van der Waals surface area (Å²) in [4.78, 5) is -0.0484. The van der Waals surface area contributed by atoms with Crippen molar-refractivity contribution in [2.75, 3.05) is 13.1 Å². The Balaban J connectivity index is 3.25. The van der Waals surface area contributed by atoms with Crippen LogP contribution in [0.2, 0.25) is 10.0 Å². The van der Waals surface area contributed by atoms with E-state index in [0.29, 0.717) is 5.02 Å². The SMILES string of the molecule is CCN(CC(C)(C)O)S(=O)(=O)c1cc(Cl)ccc1Cl. The molecular formula is C12H17Cl2NO3S. The molecule has 0 aliphatic rings. The zero-order valence-corrected chi connectivity index (χ0v) is 13.3. The van der Waals surface area contributed by atoms with Crippen LogP contribution in [0.4, 0.5) is 0 Å². The quantitative estimate of drug-likeness (QED) is 0.905. The number of halogens is 2. The van der Waals surface area contributed by atoms with Crippen molar-refractivity contribution in [3.05, 3.63) is 28.2 Å². The number of hydrogen-bond acceptors (Lipinski definition) is 3. The van der Waals surface area contributed by atoms with Crippen LogP contribution in [0.3, 0.4) is 0 Å². The van der Waals surface area contributed by atoms with Gasteiger partial charge in [0.2, 0.25) is 10.0 Å². The van der Waals surface area contributed by atoms with Crippen LogP contribution in [-0.2, 0) is 10.0 Å². The van der Waals surface area contributed by atoms with Crippen LogP contribution in [0.5, 0.6) is 0 Å². The fourth-order valence-electron chi connectivity index (χ4n) is 1.61. The molecule has 0 fully saturated rings. The van der Waals surface area contributed by atoms with E-state index in [1.54, 1.807) is 20.8 Å². The van der Waals surface area contributed by atoms with Crippen LogP contribution >= 0.6 is 23.2 Å². The first kappa shape index (κ1) is 16.7. The monoisotopic (exact) mass is 325 g/mol. The van der Waals surface area contributed by atoms with Crippen LogP contribution in [-0.4, -0.2) is 36.5 Å². The maximum Gasteiger partial charge on any atom is 0.244 e. The third-order valence-electron chi connectivity index (χ3n) is 2.43.